The summed E-state index contributed by atoms with van der Waals surface area (Å²) >= 11 is 0. The van der Waals surface area contributed by atoms with Crippen LogP contribution in [0.1, 0.15) is 6.92 Å². The number of pyridine rings is 1. The Morgan fingerprint density at radius 2 is 1.48 bits per heavy atom. The van der Waals surface area contributed by atoms with Crippen molar-refractivity contribution in [2.24, 2.45) is 0 Å². The van der Waals surface area contributed by atoms with Gasteiger partial charge in [0, 0.05) is 35.1 Å². The minimum absolute atomic E-state index is 0.0263. The van der Waals surface area contributed by atoms with Gasteiger partial charge in [-0.3, -0.25) is 4.90 Å². The Labute approximate surface area is 167 Å². The van der Waals surface area contributed by atoms with E-state index in [0.29, 0.717) is 5.71 Å². The second kappa shape index (κ2) is 6.04. The van der Waals surface area contributed by atoms with E-state index in [1.807, 2.05) is 36.4 Å². The van der Waals surface area contributed by atoms with Gasteiger partial charge in [0.2, 0.25) is 5.71 Å². The molecule has 4 heterocycles. The lowest BCUT2D eigenvalue weighted by molar-refractivity contribution is 0.649. The summed E-state index contributed by atoms with van der Waals surface area (Å²) in [5, 5.41) is 2.05. The molecule has 0 saturated carbocycles. The molecule has 0 N–H and O–H groups in total. The molecule has 1 atom stereocenters. The highest BCUT2D eigenvalue weighted by Crippen LogP contribution is 2.47. The average molecular weight is 379 g/mol. The van der Waals surface area contributed by atoms with Crippen molar-refractivity contribution in [2.75, 3.05) is 9.80 Å². The van der Waals surface area contributed by atoms with Crippen molar-refractivity contribution in [1.29, 1.82) is 0 Å². The molecule has 2 aromatic carbocycles. The van der Waals surface area contributed by atoms with E-state index in [2.05, 4.69) is 55.9 Å². The normalized spacial score (nSPS) is 16.0. The van der Waals surface area contributed by atoms with Gasteiger partial charge in [-0.1, -0.05) is 30.3 Å². The fraction of sp³-hybridized carbons (Fsp3) is 0.0870. The Balaban J connectivity index is 1.60. The van der Waals surface area contributed by atoms with Gasteiger partial charge in [-0.25, -0.2) is 15.0 Å². The molecule has 5 aromatic rings. The smallest absolute Gasteiger partial charge is 0.227 e. The number of furan rings is 1. The monoisotopic (exact) mass is 379 g/mol. The van der Waals surface area contributed by atoms with Crippen LogP contribution in [-0.2, 0) is 0 Å². The van der Waals surface area contributed by atoms with E-state index in [1.54, 1.807) is 18.6 Å². The minimum atomic E-state index is -0.0263. The van der Waals surface area contributed by atoms with Crippen LogP contribution in [0.4, 0.5) is 23.0 Å². The Morgan fingerprint density at radius 3 is 2.31 bits per heavy atom. The second-order valence-electron chi connectivity index (χ2n) is 7.02. The lowest BCUT2D eigenvalue weighted by atomic mass is 10.1. The highest BCUT2D eigenvalue weighted by Gasteiger charge is 2.38. The summed E-state index contributed by atoms with van der Waals surface area (Å²) in [6.45, 7) is 2.15. The fourth-order valence-electron chi connectivity index (χ4n) is 4.18. The first-order valence-electron chi connectivity index (χ1n) is 9.54. The van der Waals surface area contributed by atoms with Crippen LogP contribution in [0.25, 0.3) is 22.1 Å². The largest absolute Gasteiger partial charge is 0.436 e. The van der Waals surface area contributed by atoms with E-state index >= 15 is 0 Å². The van der Waals surface area contributed by atoms with E-state index in [1.165, 1.54) is 0 Å². The lowest BCUT2D eigenvalue weighted by Gasteiger charge is -2.29. The molecule has 0 spiro atoms. The maximum atomic E-state index is 6.18. The molecule has 140 valence electrons. The first kappa shape index (κ1) is 16.1. The zero-order chi connectivity index (χ0) is 19.4. The third-order valence-corrected chi connectivity index (χ3v) is 5.41. The Bertz CT molecular complexity index is 1350. The van der Waals surface area contributed by atoms with Crippen molar-refractivity contribution in [3.05, 3.63) is 79.3 Å². The van der Waals surface area contributed by atoms with Crippen LogP contribution in [0, 0.1) is 0 Å². The van der Waals surface area contributed by atoms with Crippen LogP contribution in [0.3, 0.4) is 0 Å². The predicted octanol–water partition coefficient (Wildman–Crippen LogP) is 5.41. The van der Waals surface area contributed by atoms with Crippen molar-refractivity contribution in [1.82, 2.24) is 15.0 Å². The number of para-hydroxylation sites is 2. The summed E-state index contributed by atoms with van der Waals surface area (Å²) in [4.78, 5) is 18.1. The van der Waals surface area contributed by atoms with Gasteiger partial charge in [-0.05, 0) is 37.3 Å². The van der Waals surface area contributed by atoms with Gasteiger partial charge in [0.15, 0.2) is 17.2 Å². The highest BCUT2D eigenvalue weighted by molar-refractivity contribution is 6.09. The number of anilines is 4. The zero-order valence-corrected chi connectivity index (χ0v) is 15.7. The van der Waals surface area contributed by atoms with Crippen LogP contribution in [0.5, 0.6) is 0 Å². The lowest BCUT2D eigenvalue weighted by Crippen LogP contribution is -2.35. The van der Waals surface area contributed by atoms with Gasteiger partial charge < -0.3 is 9.32 Å². The summed E-state index contributed by atoms with van der Waals surface area (Å²) in [6.07, 6.45) is 5.19. The zero-order valence-electron chi connectivity index (χ0n) is 15.7. The molecule has 0 saturated heterocycles. The van der Waals surface area contributed by atoms with Crippen molar-refractivity contribution < 1.29 is 4.42 Å². The third-order valence-electron chi connectivity index (χ3n) is 5.41. The van der Waals surface area contributed by atoms with Crippen LogP contribution in [-0.4, -0.2) is 21.1 Å². The van der Waals surface area contributed by atoms with Gasteiger partial charge in [-0.15, -0.1) is 0 Å². The topological polar surface area (TPSA) is 58.3 Å². The molecule has 3 aromatic heterocycles. The van der Waals surface area contributed by atoms with E-state index in [-0.39, 0.29) is 6.17 Å². The van der Waals surface area contributed by atoms with Gasteiger partial charge in [0.05, 0.1) is 5.69 Å². The first-order valence-corrected chi connectivity index (χ1v) is 9.54. The summed E-state index contributed by atoms with van der Waals surface area (Å²) in [5.41, 5.74) is 3.47. The van der Waals surface area contributed by atoms with Crippen molar-refractivity contribution in [3.63, 3.8) is 0 Å². The summed E-state index contributed by atoms with van der Waals surface area (Å²) in [6, 6.07) is 20.4. The number of rotatable bonds is 2. The van der Waals surface area contributed by atoms with Crippen LogP contribution >= 0.6 is 0 Å². The molecule has 0 aliphatic carbocycles. The molecule has 0 fully saturated rings. The van der Waals surface area contributed by atoms with E-state index < -0.39 is 0 Å². The van der Waals surface area contributed by atoms with Crippen molar-refractivity contribution >= 4 is 45.1 Å². The molecule has 29 heavy (non-hydrogen) atoms. The molecule has 0 bridgehead atoms. The summed E-state index contributed by atoms with van der Waals surface area (Å²) in [7, 11) is 0. The quantitative estimate of drug-likeness (QED) is 0.409. The maximum Gasteiger partial charge on any atom is 0.227 e. The predicted molar refractivity (Wildman–Crippen MR) is 114 cm³/mol. The van der Waals surface area contributed by atoms with Crippen LogP contribution in [0.2, 0.25) is 0 Å². The van der Waals surface area contributed by atoms with Gasteiger partial charge in [0.25, 0.3) is 0 Å². The number of benzene rings is 2. The van der Waals surface area contributed by atoms with Crippen LogP contribution in [0.15, 0.2) is 83.7 Å². The number of nitrogens with zero attached hydrogens (tertiary/aromatic N) is 5. The number of hydrogen-bond acceptors (Lipinski definition) is 6. The Hall–Kier alpha value is -3.93. The molecule has 1 unspecified atom stereocenters. The minimum Gasteiger partial charge on any atom is -0.436 e. The van der Waals surface area contributed by atoms with Gasteiger partial charge in [-0.2, -0.15) is 0 Å². The molecule has 1 aliphatic rings. The molecule has 1 aliphatic heterocycles. The molecular formula is C23H17N5O. The number of fused-ring (bicyclic) bond motifs is 4. The van der Waals surface area contributed by atoms with Gasteiger partial charge >= 0.3 is 0 Å². The SMILES string of the molecule is CC1N(c2ccccc2)c2nccnc2N1c1cccc2c1oc1ncccc12. The third kappa shape index (κ3) is 2.26. The molecule has 0 amide bonds. The average Bonchev–Trinajstić information content (AvgIpc) is 3.29. The second-order valence-corrected chi connectivity index (χ2v) is 7.02. The molecule has 6 heteroatoms. The molecular weight excluding hydrogens is 362 g/mol. The number of aromatic nitrogens is 3. The molecule has 6 nitrogen and oxygen atoms in total. The summed E-state index contributed by atoms with van der Waals surface area (Å²) in [5.74, 6) is 1.64. The van der Waals surface area contributed by atoms with E-state index in [4.69, 9.17) is 4.42 Å². The Kier molecular flexibility index (Phi) is 3.34. The molecule has 6 rings (SSSR count). The standard InChI is InChI=1S/C23H17N5O/c1-15-27(16-7-3-2-4-8-16)21-22(25-14-13-24-21)28(15)19-11-5-9-17-18-10-6-12-26-23(18)29-20(17)19/h2-15H,1H3. The summed E-state index contributed by atoms with van der Waals surface area (Å²) < 4.78 is 6.18. The molecule has 0 radical (unpaired) electrons. The van der Waals surface area contributed by atoms with E-state index in [9.17, 15) is 0 Å². The van der Waals surface area contributed by atoms with E-state index in [0.717, 1.165) is 39.4 Å². The Morgan fingerprint density at radius 1 is 0.724 bits per heavy atom. The van der Waals surface area contributed by atoms with Crippen molar-refractivity contribution in [3.8, 4) is 0 Å². The van der Waals surface area contributed by atoms with Crippen LogP contribution < -0.4 is 9.80 Å². The first-order chi connectivity index (χ1) is 14.3. The maximum absolute atomic E-state index is 6.18. The number of hydrogen-bond donors (Lipinski definition) is 0. The van der Waals surface area contributed by atoms with Gasteiger partial charge in [0.1, 0.15) is 6.17 Å². The highest BCUT2D eigenvalue weighted by atomic mass is 16.3. The fourth-order valence-corrected chi connectivity index (χ4v) is 4.18. The van der Waals surface area contributed by atoms with Crippen molar-refractivity contribution in [2.45, 2.75) is 13.1 Å².